The van der Waals surface area contributed by atoms with Crippen molar-refractivity contribution in [2.45, 2.75) is 19.8 Å². The summed E-state index contributed by atoms with van der Waals surface area (Å²) in [5.74, 6) is 5.95. The zero-order chi connectivity index (χ0) is 15.4. The van der Waals surface area contributed by atoms with Gasteiger partial charge < -0.3 is 10.7 Å². The highest BCUT2D eigenvalue weighted by molar-refractivity contribution is 5.66. The van der Waals surface area contributed by atoms with Gasteiger partial charge >= 0.3 is 0 Å². The lowest BCUT2D eigenvalue weighted by Crippen LogP contribution is -2.14. The van der Waals surface area contributed by atoms with Gasteiger partial charge in [0.25, 0.3) is 0 Å². The first-order valence-corrected chi connectivity index (χ1v) is 6.35. The highest BCUT2D eigenvalue weighted by atomic mass is 19.1. The summed E-state index contributed by atoms with van der Waals surface area (Å²) in [7, 11) is 0. The van der Waals surface area contributed by atoms with Gasteiger partial charge in [-0.15, -0.1) is 0 Å². The van der Waals surface area contributed by atoms with Gasteiger partial charge in [-0.25, -0.2) is 20.2 Å². The lowest BCUT2D eigenvalue weighted by Gasteiger charge is -2.16. The molecule has 21 heavy (non-hydrogen) atoms. The quantitative estimate of drug-likeness (QED) is 0.590. The van der Waals surface area contributed by atoms with Crippen molar-refractivity contribution in [3.63, 3.8) is 0 Å². The minimum Gasteiger partial charge on any atom is -0.337 e. The highest BCUT2D eigenvalue weighted by Gasteiger charge is 2.15. The third kappa shape index (κ3) is 3.07. The first kappa shape index (κ1) is 14.7. The van der Waals surface area contributed by atoms with Gasteiger partial charge in [-0.2, -0.15) is 5.26 Å². The van der Waals surface area contributed by atoms with Crippen LogP contribution in [0.5, 0.6) is 0 Å². The van der Waals surface area contributed by atoms with Crippen molar-refractivity contribution in [2.24, 2.45) is 5.84 Å². The number of nitrogens with two attached hydrogens (primary N) is 1. The molecule has 6 nitrogen and oxygen atoms in total. The van der Waals surface area contributed by atoms with E-state index in [1.165, 1.54) is 24.5 Å². The Balaban J connectivity index is 2.43. The lowest BCUT2D eigenvalue weighted by molar-refractivity contribution is 0.631. The molecule has 0 radical (unpaired) electrons. The molecule has 1 aromatic carbocycles. The molecule has 0 saturated heterocycles. The van der Waals surface area contributed by atoms with Crippen LogP contribution in [0.3, 0.4) is 0 Å². The van der Waals surface area contributed by atoms with E-state index in [1.807, 2.05) is 19.9 Å². The van der Waals surface area contributed by atoms with Crippen molar-refractivity contribution in [1.82, 2.24) is 9.97 Å². The molecular weight excluding hydrogens is 271 g/mol. The van der Waals surface area contributed by atoms with Crippen LogP contribution in [0.25, 0.3) is 0 Å². The second-order valence-corrected chi connectivity index (χ2v) is 4.72. The molecule has 1 heterocycles. The average Bonchev–Trinajstić information content (AvgIpc) is 2.48. The van der Waals surface area contributed by atoms with E-state index in [4.69, 9.17) is 11.1 Å². The van der Waals surface area contributed by atoms with Crippen LogP contribution >= 0.6 is 0 Å². The van der Waals surface area contributed by atoms with E-state index in [1.54, 1.807) is 0 Å². The fourth-order valence-electron chi connectivity index (χ4n) is 1.97. The number of hydrogen-bond donors (Lipinski definition) is 3. The molecule has 0 spiro atoms. The van der Waals surface area contributed by atoms with Gasteiger partial charge in [0.2, 0.25) is 0 Å². The smallest absolute Gasteiger partial charge is 0.148 e. The number of rotatable bonds is 4. The Labute approximate surface area is 121 Å². The van der Waals surface area contributed by atoms with E-state index >= 15 is 0 Å². The summed E-state index contributed by atoms with van der Waals surface area (Å²) >= 11 is 0. The standard InChI is InChI=1S/C14H15FN6/c1-8(2)12-13(18-7-19-14(12)21-17)20-11-4-3-9(6-16)5-10(11)15/h3-5,7-8H,17H2,1-2H3,(H2,18,19,20,21). The van der Waals surface area contributed by atoms with Crippen molar-refractivity contribution in [3.05, 3.63) is 41.5 Å². The van der Waals surface area contributed by atoms with Crippen molar-refractivity contribution < 1.29 is 4.39 Å². The van der Waals surface area contributed by atoms with Crippen LogP contribution in [0.15, 0.2) is 24.5 Å². The third-order valence-corrected chi connectivity index (χ3v) is 2.95. The van der Waals surface area contributed by atoms with E-state index < -0.39 is 5.82 Å². The lowest BCUT2D eigenvalue weighted by atomic mass is 10.0. The Morgan fingerprint density at radius 3 is 2.57 bits per heavy atom. The Kier molecular flexibility index (Phi) is 4.30. The van der Waals surface area contributed by atoms with Crippen LogP contribution < -0.4 is 16.6 Å². The van der Waals surface area contributed by atoms with Gasteiger partial charge in [-0.3, -0.25) is 0 Å². The minimum atomic E-state index is -0.523. The molecule has 2 rings (SSSR count). The van der Waals surface area contributed by atoms with E-state index in [0.29, 0.717) is 11.6 Å². The highest BCUT2D eigenvalue weighted by Crippen LogP contribution is 2.30. The number of nitrogen functional groups attached to an aromatic ring is 1. The van der Waals surface area contributed by atoms with Crippen LogP contribution in [0.4, 0.5) is 21.7 Å². The zero-order valence-corrected chi connectivity index (χ0v) is 11.7. The second-order valence-electron chi connectivity index (χ2n) is 4.72. The first-order chi connectivity index (χ1) is 10.1. The van der Waals surface area contributed by atoms with Gasteiger partial charge in [-0.05, 0) is 24.1 Å². The van der Waals surface area contributed by atoms with Crippen LogP contribution in [0, 0.1) is 17.1 Å². The van der Waals surface area contributed by atoms with E-state index in [2.05, 4.69) is 20.7 Å². The fraction of sp³-hybridized carbons (Fsp3) is 0.214. The number of hydrogen-bond acceptors (Lipinski definition) is 6. The molecule has 0 bridgehead atoms. The Bertz CT molecular complexity index is 692. The SMILES string of the molecule is CC(C)c1c(NN)ncnc1Nc1ccc(C#N)cc1F. The molecular formula is C14H15FN6. The van der Waals surface area contributed by atoms with Gasteiger partial charge in [0.15, 0.2) is 0 Å². The number of hydrazine groups is 1. The fourth-order valence-corrected chi connectivity index (χ4v) is 1.97. The molecule has 2 aromatic rings. The van der Waals surface area contributed by atoms with Crippen molar-refractivity contribution in [1.29, 1.82) is 5.26 Å². The first-order valence-electron chi connectivity index (χ1n) is 6.35. The van der Waals surface area contributed by atoms with Crippen molar-refractivity contribution in [2.75, 3.05) is 10.7 Å². The number of halogens is 1. The summed E-state index contributed by atoms with van der Waals surface area (Å²) in [6.45, 7) is 3.92. The average molecular weight is 286 g/mol. The predicted octanol–water partition coefficient (Wildman–Crippen LogP) is 2.64. The zero-order valence-electron chi connectivity index (χ0n) is 11.7. The van der Waals surface area contributed by atoms with Gasteiger partial charge in [0.05, 0.1) is 17.3 Å². The number of benzene rings is 1. The predicted molar refractivity (Wildman–Crippen MR) is 78.3 cm³/mol. The molecule has 1 aromatic heterocycles. The van der Waals surface area contributed by atoms with Gasteiger partial charge in [-0.1, -0.05) is 13.8 Å². The largest absolute Gasteiger partial charge is 0.337 e. The van der Waals surface area contributed by atoms with E-state index in [0.717, 1.165) is 5.56 Å². The van der Waals surface area contributed by atoms with Crippen molar-refractivity contribution in [3.8, 4) is 6.07 Å². The summed E-state index contributed by atoms with van der Waals surface area (Å²) in [4.78, 5) is 8.18. The number of nitrogens with zero attached hydrogens (tertiary/aromatic N) is 3. The maximum atomic E-state index is 13.9. The minimum absolute atomic E-state index is 0.0844. The van der Waals surface area contributed by atoms with Crippen LogP contribution in [0.1, 0.15) is 30.9 Å². The van der Waals surface area contributed by atoms with Crippen LogP contribution in [-0.4, -0.2) is 9.97 Å². The molecule has 108 valence electrons. The Hall–Kier alpha value is -2.72. The maximum Gasteiger partial charge on any atom is 0.148 e. The summed E-state index contributed by atoms with van der Waals surface area (Å²) in [6.07, 6.45) is 1.34. The summed E-state index contributed by atoms with van der Waals surface area (Å²) in [5.41, 5.74) is 3.75. The molecule has 0 atom stereocenters. The molecule has 4 N–H and O–H groups in total. The number of anilines is 3. The van der Waals surface area contributed by atoms with E-state index in [-0.39, 0.29) is 17.2 Å². The number of nitriles is 1. The monoisotopic (exact) mass is 286 g/mol. The molecule has 7 heteroatoms. The summed E-state index contributed by atoms with van der Waals surface area (Å²) in [5, 5.41) is 11.7. The molecule has 0 saturated carbocycles. The summed E-state index contributed by atoms with van der Waals surface area (Å²) < 4.78 is 13.9. The van der Waals surface area contributed by atoms with Crippen LogP contribution in [-0.2, 0) is 0 Å². The van der Waals surface area contributed by atoms with E-state index in [9.17, 15) is 4.39 Å². The molecule has 0 unspecified atom stereocenters. The summed E-state index contributed by atoms with van der Waals surface area (Å²) in [6, 6.07) is 6.08. The third-order valence-electron chi connectivity index (χ3n) is 2.95. The molecule has 0 aliphatic rings. The number of nitrogens with one attached hydrogen (secondary N) is 2. The molecule has 0 amide bonds. The topological polar surface area (TPSA) is 99.7 Å². The van der Waals surface area contributed by atoms with Gasteiger partial charge in [0, 0.05) is 5.56 Å². The Morgan fingerprint density at radius 1 is 1.29 bits per heavy atom. The molecule has 0 fully saturated rings. The molecule has 0 aliphatic heterocycles. The Morgan fingerprint density at radius 2 is 2.00 bits per heavy atom. The van der Waals surface area contributed by atoms with Crippen LogP contribution in [0.2, 0.25) is 0 Å². The second kappa shape index (κ2) is 6.15. The normalized spacial score (nSPS) is 10.3. The molecule has 0 aliphatic carbocycles. The van der Waals surface area contributed by atoms with Crippen molar-refractivity contribution >= 4 is 17.3 Å². The van der Waals surface area contributed by atoms with Gasteiger partial charge in [0.1, 0.15) is 23.8 Å². The maximum absolute atomic E-state index is 13.9. The number of aromatic nitrogens is 2.